The van der Waals surface area contributed by atoms with Crippen LogP contribution in [0.5, 0.6) is 5.75 Å². The van der Waals surface area contributed by atoms with Gasteiger partial charge in [-0.1, -0.05) is 30.3 Å². The highest BCUT2D eigenvalue weighted by molar-refractivity contribution is 6.06. The molecule has 146 valence electrons. The minimum atomic E-state index is -1.21. The first kappa shape index (κ1) is 19.2. The summed E-state index contributed by atoms with van der Waals surface area (Å²) in [6.07, 6.45) is 1.98. The van der Waals surface area contributed by atoms with Crippen LogP contribution >= 0.6 is 0 Å². The molecule has 0 unspecified atom stereocenters. The summed E-state index contributed by atoms with van der Waals surface area (Å²) in [4.78, 5) is 31.0. The molecule has 0 spiro atoms. The Hall–Kier alpha value is -4.54. The second-order valence-corrected chi connectivity index (χ2v) is 5.83. The predicted octanol–water partition coefficient (Wildman–Crippen LogP) is 4.44. The van der Waals surface area contributed by atoms with Crippen molar-refractivity contribution in [2.24, 2.45) is 0 Å². The number of aromatic amines is 1. The average molecular weight is 396 g/mol. The third-order valence-electron chi connectivity index (χ3n) is 4.12. The molecule has 0 fully saturated rings. The first-order valence-corrected chi connectivity index (χ1v) is 8.04. The van der Waals surface area contributed by atoms with Crippen LogP contribution < -0.4 is 0 Å². The van der Waals surface area contributed by atoms with Gasteiger partial charge in [0.05, 0.1) is 26.9 Å². The van der Waals surface area contributed by atoms with Crippen molar-refractivity contribution >= 4 is 38.7 Å². The number of nitro benzene ring substituents is 3. The van der Waals surface area contributed by atoms with E-state index in [1.54, 1.807) is 0 Å². The topological polar surface area (TPSA) is 165 Å². The van der Waals surface area contributed by atoms with Gasteiger partial charge in [0, 0.05) is 17.1 Å². The summed E-state index contributed by atoms with van der Waals surface area (Å²) in [7, 11) is 0. The Morgan fingerprint density at radius 3 is 1.97 bits per heavy atom. The molecule has 1 heterocycles. The number of benzene rings is 3. The second-order valence-electron chi connectivity index (χ2n) is 5.83. The number of non-ortho nitro benzene ring substituents is 1. The van der Waals surface area contributed by atoms with Crippen LogP contribution in [0.15, 0.2) is 60.8 Å². The first-order valence-electron chi connectivity index (χ1n) is 8.04. The molecule has 4 rings (SSSR count). The largest absolute Gasteiger partial charge is 0.497 e. The Bertz CT molecular complexity index is 1230. The van der Waals surface area contributed by atoms with Crippen molar-refractivity contribution in [3.05, 3.63) is 91.1 Å². The van der Waals surface area contributed by atoms with Gasteiger partial charge in [-0.3, -0.25) is 30.3 Å². The molecule has 0 bridgehead atoms. The van der Waals surface area contributed by atoms with Crippen molar-refractivity contribution in [1.29, 1.82) is 0 Å². The molecule has 2 N–H and O–H groups in total. The fourth-order valence-corrected chi connectivity index (χ4v) is 2.79. The summed E-state index contributed by atoms with van der Waals surface area (Å²) in [6.45, 7) is 0. The number of nitrogens with one attached hydrogen (secondary N) is 1. The number of nitrogens with zero attached hydrogens (tertiary/aromatic N) is 3. The van der Waals surface area contributed by atoms with Gasteiger partial charge in [0.2, 0.25) is 0 Å². The van der Waals surface area contributed by atoms with Crippen LogP contribution in [0.4, 0.5) is 17.1 Å². The molecule has 0 aliphatic carbocycles. The van der Waals surface area contributed by atoms with Gasteiger partial charge in [0.1, 0.15) is 0 Å². The van der Waals surface area contributed by atoms with E-state index in [1.165, 1.54) is 21.7 Å². The monoisotopic (exact) mass is 396 g/mol. The Morgan fingerprint density at radius 1 is 0.759 bits per heavy atom. The van der Waals surface area contributed by atoms with Gasteiger partial charge >= 0.3 is 11.4 Å². The zero-order valence-electron chi connectivity index (χ0n) is 14.5. The summed E-state index contributed by atoms with van der Waals surface area (Å²) in [5.74, 6) is -1.21. The maximum Gasteiger partial charge on any atom is 0.324 e. The number of fused-ring (bicyclic) bond motifs is 3. The van der Waals surface area contributed by atoms with Crippen molar-refractivity contribution in [3.8, 4) is 5.75 Å². The molecule has 0 atom stereocenters. The number of hydrogen-bond donors (Lipinski definition) is 2. The minimum absolute atomic E-state index is 0.447. The summed E-state index contributed by atoms with van der Waals surface area (Å²) in [5.41, 5.74) is -1.79. The lowest BCUT2D eigenvalue weighted by Crippen LogP contribution is -1.97. The Balaban J connectivity index is 0.000000168. The maximum atomic E-state index is 10.4. The Kier molecular flexibility index (Phi) is 5.04. The third kappa shape index (κ3) is 3.78. The Morgan fingerprint density at radius 2 is 1.38 bits per heavy atom. The molecule has 29 heavy (non-hydrogen) atoms. The van der Waals surface area contributed by atoms with Crippen LogP contribution in [0.1, 0.15) is 0 Å². The van der Waals surface area contributed by atoms with Gasteiger partial charge in [-0.15, -0.1) is 0 Å². The van der Waals surface area contributed by atoms with Crippen molar-refractivity contribution in [1.82, 2.24) is 4.98 Å². The zero-order chi connectivity index (χ0) is 21.1. The van der Waals surface area contributed by atoms with E-state index < -0.39 is 37.6 Å². The molecule has 1 aromatic heterocycles. The van der Waals surface area contributed by atoms with E-state index in [-0.39, 0.29) is 0 Å². The van der Waals surface area contributed by atoms with Gasteiger partial charge < -0.3 is 10.1 Å². The number of phenols is 1. The van der Waals surface area contributed by atoms with E-state index in [4.69, 9.17) is 5.11 Å². The second kappa shape index (κ2) is 7.60. The number of H-pyrrole nitrogens is 1. The first-order chi connectivity index (χ1) is 13.8. The van der Waals surface area contributed by atoms with Crippen LogP contribution in [0.3, 0.4) is 0 Å². The molecule has 3 aromatic carbocycles. The number of rotatable bonds is 3. The zero-order valence-corrected chi connectivity index (χ0v) is 14.5. The van der Waals surface area contributed by atoms with Crippen molar-refractivity contribution < 1.29 is 19.9 Å². The molecule has 0 saturated heterocycles. The molecular weight excluding hydrogens is 384 g/mol. The molecule has 4 aromatic rings. The quantitative estimate of drug-likeness (QED) is 0.381. The molecular formula is C18H12N4O7. The molecule has 0 aliphatic heterocycles. The SMILES string of the molecule is O=[N+]([O-])c1cc([N+](=O)[O-])c(O)c([N+](=O)[O-])c1.c1ccc2c(c1)ccc1[nH]ccc12. The highest BCUT2D eigenvalue weighted by atomic mass is 16.6. The molecule has 11 nitrogen and oxygen atoms in total. The van der Waals surface area contributed by atoms with Crippen LogP contribution in [0, 0.1) is 30.3 Å². The lowest BCUT2D eigenvalue weighted by atomic mass is 10.1. The van der Waals surface area contributed by atoms with Crippen LogP contribution in [-0.2, 0) is 0 Å². The number of nitro groups is 3. The minimum Gasteiger partial charge on any atom is -0.497 e. The summed E-state index contributed by atoms with van der Waals surface area (Å²) in [5, 5.41) is 44.1. The molecule has 11 heteroatoms. The van der Waals surface area contributed by atoms with Crippen molar-refractivity contribution in [2.75, 3.05) is 0 Å². The van der Waals surface area contributed by atoms with E-state index in [0.717, 1.165) is 0 Å². The number of phenolic OH excluding ortho intramolecular Hbond substituents is 1. The van der Waals surface area contributed by atoms with E-state index in [0.29, 0.717) is 12.1 Å². The van der Waals surface area contributed by atoms with Gasteiger partial charge in [0.15, 0.2) is 0 Å². The smallest absolute Gasteiger partial charge is 0.324 e. The van der Waals surface area contributed by atoms with Crippen LogP contribution in [0.2, 0.25) is 0 Å². The molecule has 0 aliphatic rings. The lowest BCUT2D eigenvalue weighted by molar-refractivity contribution is -0.404. The number of hydrogen-bond acceptors (Lipinski definition) is 7. The molecule has 0 saturated carbocycles. The highest BCUT2D eigenvalue weighted by Gasteiger charge is 2.30. The van der Waals surface area contributed by atoms with E-state index in [1.807, 2.05) is 6.20 Å². The number of aromatic nitrogens is 1. The van der Waals surface area contributed by atoms with E-state index in [2.05, 4.69) is 47.4 Å². The number of aromatic hydroxyl groups is 1. The lowest BCUT2D eigenvalue weighted by Gasteiger charge is -1.97. The molecule has 0 amide bonds. The highest BCUT2D eigenvalue weighted by Crippen LogP contribution is 2.38. The van der Waals surface area contributed by atoms with Crippen LogP contribution in [-0.4, -0.2) is 24.9 Å². The predicted molar refractivity (Wildman–Crippen MR) is 104 cm³/mol. The fourth-order valence-electron chi connectivity index (χ4n) is 2.79. The van der Waals surface area contributed by atoms with Crippen molar-refractivity contribution in [2.45, 2.75) is 0 Å². The standard InChI is InChI=1S/C12H9N.C6H3N3O7/c1-2-4-10-9(3-1)5-6-12-11(10)7-8-13-12;10-6-4(8(13)14)1-3(7(11)12)2-5(6)9(15)16/h1-8,13H;1-2,10H. The summed E-state index contributed by atoms with van der Waals surface area (Å²) in [6, 6.07) is 15.7. The summed E-state index contributed by atoms with van der Waals surface area (Å²) < 4.78 is 0. The van der Waals surface area contributed by atoms with Gasteiger partial charge in [-0.25, -0.2) is 0 Å². The fraction of sp³-hybridized carbons (Fsp3) is 0. The van der Waals surface area contributed by atoms with Crippen LogP contribution in [0.25, 0.3) is 21.7 Å². The Labute approximate surface area is 161 Å². The van der Waals surface area contributed by atoms with Gasteiger partial charge in [0.25, 0.3) is 11.4 Å². The maximum absolute atomic E-state index is 10.4. The van der Waals surface area contributed by atoms with Gasteiger partial charge in [-0.2, -0.15) is 0 Å². The van der Waals surface area contributed by atoms with Gasteiger partial charge in [-0.05, 0) is 22.9 Å². The van der Waals surface area contributed by atoms with E-state index in [9.17, 15) is 30.3 Å². The average Bonchev–Trinajstić information content (AvgIpc) is 3.17. The normalized spacial score (nSPS) is 10.3. The third-order valence-corrected chi connectivity index (χ3v) is 4.12. The van der Waals surface area contributed by atoms with Crippen molar-refractivity contribution in [3.63, 3.8) is 0 Å². The van der Waals surface area contributed by atoms with E-state index >= 15 is 0 Å². The molecule has 0 radical (unpaired) electrons. The summed E-state index contributed by atoms with van der Waals surface area (Å²) >= 11 is 0.